The molecule has 3 rings (SSSR count). The summed E-state index contributed by atoms with van der Waals surface area (Å²) in [4.78, 5) is 18.8. The summed E-state index contributed by atoms with van der Waals surface area (Å²) in [6, 6.07) is 9.62. The Labute approximate surface area is 128 Å². The first-order chi connectivity index (χ1) is 10.3. The molecular formula is C15H18N2O3S. The van der Waals surface area contributed by atoms with Gasteiger partial charge in [-0.3, -0.25) is 9.79 Å². The molecule has 0 bridgehead atoms. The van der Waals surface area contributed by atoms with E-state index in [2.05, 4.69) is 4.99 Å². The van der Waals surface area contributed by atoms with E-state index >= 15 is 0 Å². The Morgan fingerprint density at radius 2 is 2.24 bits per heavy atom. The van der Waals surface area contributed by atoms with Crippen LogP contribution in [0.2, 0.25) is 0 Å². The van der Waals surface area contributed by atoms with Gasteiger partial charge in [-0.05, 0) is 0 Å². The van der Waals surface area contributed by atoms with Crippen LogP contribution < -0.4 is 0 Å². The van der Waals surface area contributed by atoms with Crippen LogP contribution in [0.15, 0.2) is 35.3 Å². The van der Waals surface area contributed by atoms with E-state index in [1.807, 2.05) is 30.3 Å². The number of thioether (sulfide) groups is 1. The second kappa shape index (κ2) is 6.60. The molecule has 2 unspecified atom stereocenters. The first-order valence-electron chi connectivity index (χ1n) is 7.05. The third-order valence-corrected chi connectivity index (χ3v) is 4.71. The molecule has 0 saturated carbocycles. The molecule has 1 N–H and O–H groups in total. The highest BCUT2D eigenvalue weighted by Crippen LogP contribution is 2.25. The lowest BCUT2D eigenvalue weighted by Gasteiger charge is -2.32. The Kier molecular flexibility index (Phi) is 4.57. The molecule has 5 nitrogen and oxygen atoms in total. The first kappa shape index (κ1) is 14.6. The molecule has 1 amide bonds. The van der Waals surface area contributed by atoms with Gasteiger partial charge in [0.1, 0.15) is 6.04 Å². The number of nitrogens with zero attached hydrogens (tertiary/aromatic N) is 2. The Morgan fingerprint density at radius 1 is 1.43 bits per heavy atom. The van der Waals surface area contributed by atoms with Gasteiger partial charge in [0.05, 0.1) is 24.4 Å². The number of aliphatic imine (C=N–C) groups is 1. The molecule has 1 aromatic carbocycles. The van der Waals surface area contributed by atoms with Crippen LogP contribution >= 0.6 is 11.8 Å². The lowest BCUT2D eigenvalue weighted by Crippen LogP contribution is -2.50. The SMILES string of the molecule is O=C(C1CSC(c2ccccc2)=N1)N1CCOC(CO)C1. The topological polar surface area (TPSA) is 62.1 Å². The predicted molar refractivity (Wildman–Crippen MR) is 82.6 cm³/mol. The van der Waals surface area contributed by atoms with Crippen LogP contribution in [0.4, 0.5) is 0 Å². The number of rotatable bonds is 3. The zero-order valence-electron chi connectivity index (χ0n) is 11.6. The number of hydrogen-bond acceptors (Lipinski definition) is 5. The number of hydrogen-bond donors (Lipinski definition) is 1. The summed E-state index contributed by atoms with van der Waals surface area (Å²) in [6.07, 6.45) is -0.269. The summed E-state index contributed by atoms with van der Waals surface area (Å²) in [5.41, 5.74) is 1.06. The molecule has 0 spiro atoms. The Bertz CT molecular complexity index is 535. The predicted octanol–water partition coefficient (Wildman–Crippen LogP) is 0.768. The highest BCUT2D eigenvalue weighted by Gasteiger charge is 2.32. The Morgan fingerprint density at radius 3 is 3.00 bits per heavy atom. The minimum atomic E-state index is -0.317. The van der Waals surface area contributed by atoms with Gasteiger partial charge in [0, 0.05) is 24.4 Å². The lowest BCUT2D eigenvalue weighted by molar-refractivity contribution is -0.140. The first-order valence-corrected chi connectivity index (χ1v) is 8.04. The standard InChI is InChI=1S/C15H18N2O3S/c18-9-12-8-17(6-7-20-12)15(19)13-10-21-14(16-13)11-4-2-1-3-5-11/h1-5,12-13,18H,6-10H2. The smallest absolute Gasteiger partial charge is 0.248 e. The van der Waals surface area contributed by atoms with Crippen molar-refractivity contribution in [2.45, 2.75) is 12.1 Å². The van der Waals surface area contributed by atoms with Gasteiger partial charge in [-0.2, -0.15) is 0 Å². The third-order valence-electron chi connectivity index (χ3n) is 3.61. The van der Waals surface area contributed by atoms with Gasteiger partial charge in [0.15, 0.2) is 0 Å². The molecule has 21 heavy (non-hydrogen) atoms. The fraction of sp³-hybridized carbons (Fsp3) is 0.467. The van der Waals surface area contributed by atoms with Crippen LogP contribution in [0, 0.1) is 0 Å². The van der Waals surface area contributed by atoms with Crippen molar-refractivity contribution < 1.29 is 14.6 Å². The van der Waals surface area contributed by atoms with Crippen molar-refractivity contribution in [3.63, 3.8) is 0 Å². The minimum Gasteiger partial charge on any atom is -0.394 e. The van der Waals surface area contributed by atoms with E-state index < -0.39 is 0 Å². The van der Waals surface area contributed by atoms with Crippen LogP contribution in [0.5, 0.6) is 0 Å². The highest BCUT2D eigenvalue weighted by atomic mass is 32.2. The van der Waals surface area contributed by atoms with E-state index in [1.54, 1.807) is 16.7 Å². The second-order valence-electron chi connectivity index (χ2n) is 5.09. The molecule has 0 aromatic heterocycles. The second-order valence-corrected chi connectivity index (χ2v) is 6.10. The average molecular weight is 306 g/mol. The quantitative estimate of drug-likeness (QED) is 0.896. The van der Waals surface area contributed by atoms with Crippen molar-refractivity contribution in [2.75, 3.05) is 32.1 Å². The van der Waals surface area contributed by atoms with Crippen LogP contribution in [-0.4, -0.2) is 65.2 Å². The summed E-state index contributed by atoms with van der Waals surface area (Å²) in [5, 5.41) is 10.1. The normalized spacial score (nSPS) is 25.8. The van der Waals surface area contributed by atoms with Crippen molar-refractivity contribution in [3.8, 4) is 0 Å². The van der Waals surface area contributed by atoms with Gasteiger partial charge < -0.3 is 14.7 Å². The summed E-state index contributed by atoms with van der Waals surface area (Å²) in [7, 11) is 0. The third kappa shape index (κ3) is 3.28. The maximum atomic E-state index is 12.5. The molecule has 1 saturated heterocycles. The van der Waals surface area contributed by atoms with E-state index in [1.165, 1.54) is 0 Å². The lowest BCUT2D eigenvalue weighted by atomic mass is 10.2. The molecule has 2 aliphatic heterocycles. The van der Waals surface area contributed by atoms with Gasteiger partial charge in [0.25, 0.3) is 0 Å². The number of aliphatic hydroxyl groups excluding tert-OH is 1. The van der Waals surface area contributed by atoms with Gasteiger partial charge in [-0.25, -0.2) is 0 Å². The van der Waals surface area contributed by atoms with Gasteiger partial charge in [0.2, 0.25) is 5.91 Å². The van der Waals surface area contributed by atoms with Crippen molar-refractivity contribution in [3.05, 3.63) is 35.9 Å². The number of benzene rings is 1. The van der Waals surface area contributed by atoms with Crippen LogP contribution in [0.25, 0.3) is 0 Å². The van der Waals surface area contributed by atoms with Crippen molar-refractivity contribution in [2.24, 2.45) is 4.99 Å². The van der Waals surface area contributed by atoms with Crippen molar-refractivity contribution in [1.82, 2.24) is 4.90 Å². The molecule has 1 fully saturated rings. The summed E-state index contributed by atoms with van der Waals surface area (Å²) in [6.45, 7) is 1.45. The number of ether oxygens (including phenoxy) is 1. The van der Waals surface area contributed by atoms with Crippen molar-refractivity contribution >= 4 is 22.7 Å². The molecule has 0 aliphatic carbocycles. The van der Waals surface area contributed by atoms with E-state index in [0.717, 1.165) is 10.6 Å². The highest BCUT2D eigenvalue weighted by molar-refractivity contribution is 8.14. The molecule has 2 aliphatic rings. The van der Waals surface area contributed by atoms with E-state index in [9.17, 15) is 4.79 Å². The minimum absolute atomic E-state index is 0.0372. The summed E-state index contributed by atoms with van der Waals surface area (Å²) >= 11 is 1.62. The molecular weight excluding hydrogens is 288 g/mol. The molecule has 1 aromatic rings. The van der Waals surface area contributed by atoms with E-state index in [4.69, 9.17) is 9.84 Å². The molecule has 112 valence electrons. The zero-order chi connectivity index (χ0) is 14.7. The monoisotopic (exact) mass is 306 g/mol. The van der Waals surface area contributed by atoms with Gasteiger partial charge in [-0.15, -0.1) is 11.8 Å². The fourth-order valence-electron chi connectivity index (χ4n) is 2.48. The number of morpholine rings is 1. The van der Waals surface area contributed by atoms with Gasteiger partial charge in [-0.1, -0.05) is 30.3 Å². The Balaban J connectivity index is 1.67. The number of carbonyl (C=O) groups is 1. The number of carbonyl (C=O) groups excluding carboxylic acids is 1. The fourth-order valence-corrected chi connectivity index (χ4v) is 3.52. The average Bonchev–Trinajstić information content (AvgIpc) is 3.05. The molecule has 2 atom stereocenters. The van der Waals surface area contributed by atoms with E-state index in [0.29, 0.717) is 25.4 Å². The maximum absolute atomic E-state index is 12.5. The maximum Gasteiger partial charge on any atom is 0.248 e. The Hall–Kier alpha value is -1.37. The summed E-state index contributed by atoms with van der Waals surface area (Å²) in [5.74, 6) is 0.722. The number of aliphatic hydroxyl groups is 1. The molecule has 2 heterocycles. The van der Waals surface area contributed by atoms with Gasteiger partial charge >= 0.3 is 0 Å². The largest absolute Gasteiger partial charge is 0.394 e. The van der Waals surface area contributed by atoms with E-state index in [-0.39, 0.29) is 24.7 Å². The zero-order valence-corrected chi connectivity index (χ0v) is 12.5. The van der Waals surface area contributed by atoms with Crippen LogP contribution in [-0.2, 0) is 9.53 Å². The van der Waals surface area contributed by atoms with Crippen LogP contribution in [0.1, 0.15) is 5.56 Å². The van der Waals surface area contributed by atoms with Crippen LogP contribution in [0.3, 0.4) is 0 Å². The van der Waals surface area contributed by atoms with Crippen molar-refractivity contribution in [1.29, 1.82) is 0 Å². The molecule has 0 radical (unpaired) electrons. The number of amides is 1. The molecule has 6 heteroatoms. The summed E-state index contributed by atoms with van der Waals surface area (Å²) < 4.78 is 5.38.